The third kappa shape index (κ3) is 2.79. The van der Waals surface area contributed by atoms with Crippen molar-refractivity contribution in [2.75, 3.05) is 0 Å². The summed E-state index contributed by atoms with van der Waals surface area (Å²) in [5.74, 6) is -3.87. The van der Waals surface area contributed by atoms with Crippen LogP contribution in [0.25, 0.3) is 0 Å². The molecule has 0 aliphatic rings. The molecule has 0 unspecified atom stereocenters. The fraction of sp³-hybridized carbons (Fsp3) is 0.250. The fourth-order valence-electron chi connectivity index (χ4n) is 0.925. The Morgan fingerprint density at radius 1 is 1.20 bits per heavy atom. The molecular weight excluding hydrogens is 223 g/mol. The number of benzene rings is 1. The molecule has 7 heteroatoms. The molecule has 0 saturated heterocycles. The van der Waals surface area contributed by atoms with Gasteiger partial charge in [-0.25, -0.2) is 8.78 Å². The Morgan fingerprint density at radius 3 is 2.27 bits per heavy atom. The van der Waals surface area contributed by atoms with Crippen molar-refractivity contribution < 1.29 is 31.8 Å². The number of aliphatic hydroxyl groups excluding tert-OH is 1. The predicted octanol–water partition coefficient (Wildman–Crippen LogP) is 2.36. The van der Waals surface area contributed by atoms with E-state index < -0.39 is 35.9 Å². The molecular formula is C8H5F5O2. The van der Waals surface area contributed by atoms with Gasteiger partial charge in [0, 0.05) is 0 Å². The van der Waals surface area contributed by atoms with E-state index in [0.29, 0.717) is 12.1 Å². The Balaban J connectivity index is 3.11. The van der Waals surface area contributed by atoms with Crippen LogP contribution in [-0.2, 0) is 6.61 Å². The van der Waals surface area contributed by atoms with Crippen molar-refractivity contribution in [2.45, 2.75) is 13.0 Å². The molecule has 1 rings (SSSR count). The number of ether oxygens (including phenoxy) is 1. The van der Waals surface area contributed by atoms with Crippen LogP contribution < -0.4 is 4.74 Å². The smallest absolute Gasteiger partial charge is 0.403 e. The molecule has 0 fully saturated rings. The highest BCUT2D eigenvalue weighted by molar-refractivity contribution is 5.32. The van der Waals surface area contributed by atoms with E-state index in [9.17, 15) is 22.0 Å². The van der Waals surface area contributed by atoms with E-state index in [1.165, 1.54) is 0 Å². The first-order valence-electron chi connectivity index (χ1n) is 3.68. The van der Waals surface area contributed by atoms with E-state index >= 15 is 0 Å². The van der Waals surface area contributed by atoms with Crippen molar-refractivity contribution in [2.24, 2.45) is 0 Å². The number of halogens is 5. The number of hydrogen-bond acceptors (Lipinski definition) is 2. The highest BCUT2D eigenvalue weighted by Crippen LogP contribution is 2.28. The highest BCUT2D eigenvalue weighted by Gasteiger charge is 2.33. The minimum Gasteiger partial charge on any atom is -0.403 e. The molecule has 0 atom stereocenters. The molecule has 0 spiro atoms. The van der Waals surface area contributed by atoms with Crippen molar-refractivity contribution in [3.8, 4) is 5.75 Å². The van der Waals surface area contributed by atoms with Gasteiger partial charge in [-0.3, -0.25) is 0 Å². The van der Waals surface area contributed by atoms with Crippen LogP contribution in [-0.4, -0.2) is 11.5 Å². The van der Waals surface area contributed by atoms with Gasteiger partial charge in [-0.2, -0.15) is 0 Å². The summed E-state index contributed by atoms with van der Waals surface area (Å²) in [7, 11) is 0. The third-order valence-corrected chi connectivity index (χ3v) is 1.53. The second-order valence-electron chi connectivity index (χ2n) is 2.54. The first-order valence-corrected chi connectivity index (χ1v) is 3.68. The van der Waals surface area contributed by atoms with Crippen LogP contribution in [0.5, 0.6) is 5.75 Å². The van der Waals surface area contributed by atoms with Gasteiger partial charge in [0.05, 0.1) is 12.2 Å². The number of hydrogen-bond donors (Lipinski definition) is 1. The van der Waals surface area contributed by atoms with E-state index in [0.717, 1.165) is 0 Å². The van der Waals surface area contributed by atoms with E-state index in [1.807, 2.05) is 0 Å². The minimum absolute atomic E-state index is 0.497. The lowest BCUT2D eigenvalue weighted by Crippen LogP contribution is -2.18. The van der Waals surface area contributed by atoms with Crippen molar-refractivity contribution in [1.82, 2.24) is 0 Å². The van der Waals surface area contributed by atoms with Gasteiger partial charge in [-0.15, -0.1) is 13.2 Å². The van der Waals surface area contributed by atoms with Crippen molar-refractivity contribution in [3.05, 3.63) is 29.3 Å². The van der Waals surface area contributed by atoms with E-state index in [4.69, 9.17) is 5.11 Å². The monoisotopic (exact) mass is 228 g/mol. The molecule has 0 radical (unpaired) electrons. The normalized spacial score (nSPS) is 11.6. The van der Waals surface area contributed by atoms with Crippen LogP contribution in [0.15, 0.2) is 12.1 Å². The molecule has 0 amide bonds. The summed E-state index contributed by atoms with van der Waals surface area (Å²) in [5.41, 5.74) is -0.864. The first-order chi connectivity index (χ1) is 6.85. The maximum Gasteiger partial charge on any atom is 0.573 e. The van der Waals surface area contributed by atoms with E-state index in [-0.39, 0.29) is 0 Å². The molecule has 1 aromatic carbocycles. The lowest BCUT2D eigenvalue weighted by molar-refractivity contribution is -0.275. The summed E-state index contributed by atoms with van der Waals surface area (Å²) in [6.45, 7) is -1.05. The van der Waals surface area contributed by atoms with Crippen LogP contribution in [0, 0.1) is 11.6 Å². The molecule has 0 aliphatic heterocycles. The Morgan fingerprint density at radius 2 is 1.80 bits per heavy atom. The molecule has 1 N–H and O–H groups in total. The largest absolute Gasteiger partial charge is 0.573 e. The number of alkyl halides is 3. The topological polar surface area (TPSA) is 29.5 Å². The molecule has 0 aromatic heterocycles. The van der Waals surface area contributed by atoms with Gasteiger partial charge in [0.1, 0.15) is 5.82 Å². The van der Waals surface area contributed by atoms with Crippen LogP contribution in [0.4, 0.5) is 22.0 Å². The fourth-order valence-corrected chi connectivity index (χ4v) is 0.925. The van der Waals surface area contributed by atoms with Crippen LogP contribution in [0.2, 0.25) is 0 Å². The molecule has 15 heavy (non-hydrogen) atoms. The molecule has 84 valence electrons. The maximum atomic E-state index is 13.0. The maximum absolute atomic E-state index is 13.0. The molecule has 1 aromatic rings. The van der Waals surface area contributed by atoms with Gasteiger partial charge in [-0.1, -0.05) is 0 Å². The summed E-state index contributed by atoms with van der Waals surface area (Å²) in [4.78, 5) is 0. The highest BCUT2D eigenvalue weighted by atomic mass is 19.4. The molecule has 2 nitrogen and oxygen atoms in total. The van der Waals surface area contributed by atoms with Crippen molar-refractivity contribution >= 4 is 0 Å². The Hall–Kier alpha value is -1.37. The zero-order valence-electron chi connectivity index (χ0n) is 7.11. The Kier molecular flexibility index (Phi) is 3.13. The SMILES string of the molecule is OCc1c(F)ccc(OC(F)(F)F)c1F. The Labute approximate surface area is 80.9 Å². The number of aliphatic hydroxyl groups is 1. The summed E-state index contributed by atoms with van der Waals surface area (Å²) >= 11 is 0. The summed E-state index contributed by atoms with van der Waals surface area (Å²) < 4.78 is 64.2. The van der Waals surface area contributed by atoms with Crippen LogP contribution >= 0.6 is 0 Å². The zero-order valence-corrected chi connectivity index (χ0v) is 7.11. The molecule has 0 saturated carbocycles. The second kappa shape index (κ2) is 4.01. The molecule has 0 aliphatic carbocycles. The second-order valence-corrected chi connectivity index (χ2v) is 2.54. The zero-order chi connectivity index (χ0) is 11.6. The minimum atomic E-state index is -5.06. The summed E-state index contributed by atoms with van der Waals surface area (Å²) in [6, 6.07) is 1.08. The average molecular weight is 228 g/mol. The van der Waals surface area contributed by atoms with Gasteiger partial charge in [-0.05, 0) is 12.1 Å². The van der Waals surface area contributed by atoms with Crippen molar-refractivity contribution in [1.29, 1.82) is 0 Å². The van der Waals surface area contributed by atoms with Gasteiger partial charge in [0.15, 0.2) is 11.6 Å². The quantitative estimate of drug-likeness (QED) is 0.787. The summed E-state index contributed by atoms with van der Waals surface area (Å²) in [5, 5.41) is 8.51. The van der Waals surface area contributed by atoms with Gasteiger partial charge >= 0.3 is 6.36 Å². The Bertz CT molecular complexity index is 361. The van der Waals surface area contributed by atoms with Crippen LogP contribution in [0.3, 0.4) is 0 Å². The van der Waals surface area contributed by atoms with E-state index in [2.05, 4.69) is 4.74 Å². The lowest BCUT2D eigenvalue weighted by Gasteiger charge is -2.11. The van der Waals surface area contributed by atoms with E-state index in [1.54, 1.807) is 0 Å². The standard InChI is InChI=1S/C8H5F5O2/c9-5-1-2-6(15-8(11,12)13)7(10)4(5)3-14/h1-2,14H,3H2. The predicted molar refractivity (Wildman–Crippen MR) is 39.0 cm³/mol. The summed E-state index contributed by atoms with van der Waals surface area (Å²) in [6.07, 6.45) is -5.06. The lowest BCUT2D eigenvalue weighted by atomic mass is 10.2. The van der Waals surface area contributed by atoms with Crippen molar-refractivity contribution in [3.63, 3.8) is 0 Å². The number of rotatable bonds is 2. The average Bonchev–Trinajstić information content (AvgIpc) is 2.09. The van der Waals surface area contributed by atoms with Crippen LogP contribution in [0.1, 0.15) is 5.56 Å². The van der Waals surface area contributed by atoms with Gasteiger partial charge in [0.25, 0.3) is 0 Å². The van der Waals surface area contributed by atoms with Gasteiger partial charge < -0.3 is 9.84 Å². The molecule has 0 bridgehead atoms. The molecule has 0 heterocycles. The van der Waals surface area contributed by atoms with Gasteiger partial charge in [0.2, 0.25) is 0 Å². The third-order valence-electron chi connectivity index (χ3n) is 1.53. The first kappa shape index (κ1) is 11.7.